The fourth-order valence-electron chi connectivity index (χ4n) is 2.00. The Balaban J connectivity index is 2.61. The second-order valence-electron chi connectivity index (χ2n) is 4.96. The number of rotatable bonds is 3. The summed E-state index contributed by atoms with van der Waals surface area (Å²) in [4.78, 5) is 4.45. The SMILES string of the molecule is Cc1nn(C)c2nc(Cl)c(C=C(CBr)C(C)C)cc12. The molecule has 0 saturated heterocycles. The average molecular weight is 343 g/mol. The van der Waals surface area contributed by atoms with Gasteiger partial charge in [-0.1, -0.05) is 53.0 Å². The smallest absolute Gasteiger partial charge is 0.159 e. The molecule has 0 aliphatic carbocycles. The van der Waals surface area contributed by atoms with Crippen molar-refractivity contribution in [1.82, 2.24) is 14.8 Å². The molecule has 0 amide bonds. The topological polar surface area (TPSA) is 30.7 Å². The number of halogens is 2. The lowest BCUT2D eigenvalue weighted by Gasteiger charge is -2.08. The van der Waals surface area contributed by atoms with Crippen molar-refractivity contribution in [1.29, 1.82) is 0 Å². The quantitative estimate of drug-likeness (QED) is 0.613. The summed E-state index contributed by atoms with van der Waals surface area (Å²) in [6.45, 7) is 6.32. The van der Waals surface area contributed by atoms with E-state index in [2.05, 4.69) is 52.0 Å². The fraction of sp³-hybridized carbons (Fsp3) is 0.429. The average Bonchev–Trinajstić information content (AvgIpc) is 2.61. The van der Waals surface area contributed by atoms with Crippen LogP contribution in [0, 0.1) is 12.8 Å². The minimum Gasteiger partial charge on any atom is -0.250 e. The highest BCUT2D eigenvalue weighted by atomic mass is 79.9. The van der Waals surface area contributed by atoms with Crippen LogP contribution in [0.2, 0.25) is 5.15 Å². The number of hydrogen-bond donors (Lipinski definition) is 0. The van der Waals surface area contributed by atoms with Gasteiger partial charge in [0.1, 0.15) is 5.15 Å². The maximum Gasteiger partial charge on any atom is 0.159 e. The van der Waals surface area contributed by atoms with Gasteiger partial charge in [-0.3, -0.25) is 4.68 Å². The van der Waals surface area contributed by atoms with Gasteiger partial charge < -0.3 is 0 Å². The molecule has 0 atom stereocenters. The molecule has 19 heavy (non-hydrogen) atoms. The highest BCUT2D eigenvalue weighted by Gasteiger charge is 2.11. The summed E-state index contributed by atoms with van der Waals surface area (Å²) in [6.07, 6.45) is 2.11. The molecule has 0 aliphatic rings. The van der Waals surface area contributed by atoms with Gasteiger partial charge in [0.25, 0.3) is 0 Å². The van der Waals surface area contributed by atoms with Gasteiger partial charge in [-0.15, -0.1) is 0 Å². The van der Waals surface area contributed by atoms with E-state index in [-0.39, 0.29) is 0 Å². The lowest BCUT2D eigenvalue weighted by atomic mass is 10.0. The summed E-state index contributed by atoms with van der Waals surface area (Å²) in [6, 6.07) is 2.07. The van der Waals surface area contributed by atoms with Crippen LogP contribution in [0.5, 0.6) is 0 Å². The lowest BCUT2D eigenvalue weighted by molar-refractivity contribution is 0.773. The van der Waals surface area contributed by atoms with Crippen LogP contribution in [0.25, 0.3) is 17.1 Å². The molecule has 0 spiro atoms. The number of alkyl halides is 1. The number of aromatic nitrogens is 3. The van der Waals surface area contributed by atoms with E-state index in [4.69, 9.17) is 11.6 Å². The number of nitrogens with zero attached hydrogens (tertiary/aromatic N) is 3. The van der Waals surface area contributed by atoms with E-state index < -0.39 is 0 Å². The molecule has 0 bridgehead atoms. The Morgan fingerprint density at radius 3 is 2.79 bits per heavy atom. The van der Waals surface area contributed by atoms with Gasteiger partial charge >= 0.3 is 0 Å². The van der Waals surface area contributed by atoms with Crippen molar-refractivity contribution in [3.05, 3.63) is 28.0 Å². The summed E-state index contributed by atoms with van der Waals surface area (Å²) in [5.41, 5.74) is 4.05. The predicted molar refractivity (Wildman–Crippen MR) is 84.9 cm³/mol. The molecular weight excluding hydrogens is 326 g/mol. The maximum atomic E-state index is 6.28. The highest BCUT2D eigenvalue weighted by Crippen LogP contribution is 2.26. The van der Waals surface area contributed by atoms with Gasteiger partial charge in [-0.05, 0) is 18.9 Å². The first-order valence-electron chi connectivity index (χ1n) is 6.20. The van der Waals surface area contributed by atoms with E-state index in [0.29, 0.717) is 11.1 Å². The Morgan fingerprint density at radius 1 is 1.53 bits per heavy atom. The van der Waals surface area contributed by atoms with Crippen LogP contribution in [-0.2, 0) is 7.05 Å². The van der Waals surface area contributed by atoms with E-state index in [1.165, 1.54) is 5.57 Å². The standard InChI is InChI=1S/C14H17BrClN3/c1-8(2)11(7-15)5-10-6-12-9(3)18-19(4)14(12)17-13(10)16/h5-6,8H,7H2,1-4H3. The zero-order valence-corrected chi connectivity index (χ0v) is 13.9. The molecule has 5 heteroatoms. The second kappa shape index (κ2) is 5.63. The zero-order chi connectivity index (χ0) is 14.2. The summed E-state index contributed by atoms with van der Waals surface area (Å²) >= 11 is 9.80. The molecule has 2 aromatic rings. The molecule has 102 valence electrons. The van der Waals surface area contributed by atoms with Crippen LogP contribution < -0.4 is 0 Å². The Kier molecular flexibility index (Phi) is 4.31. The van der Waals surface area contributed by atoms with Crippen LogP contribution in [0.1, 0.15) is 25.1 Å². The monoisotopic (exact) mass is 341 g/mol. The van der Waals surface area contributed by atoms with Gasteiger partial charge in [-0.2, -0.15) is 5.10 Å². The van der Waals surface area contributed by atoms with Gasteiger partial charge in [-0.25, -0.2) is 4.98 Å². The third-order valence-electron chi connectivity index (χ3n) is 3.22. The van der Waals surface area contributed by atoms with Crippen molar-refractivity contribution in [3.63, 3.8) is 0 Å². The van der Waals surface area contributed by atoms with Crippen molar-refractivity contribution in [2.75, 3.05) is 5.33 Å². The summed E-state index contributed by atoms with van der Waals surface area (Å²) in [5.74, 6) is 0.473. The Labute approximate surface area is 126 Å². The van der Waals surface area contributed by atoms with Crippen LogP contribution in [0.4, 0.5) is 0 Å². The molecule has 0 N–H and O–H groups in total. The fourth-order valence-corrected chi connectivity index (χ4v) is 3.00. The molecule has 0 aliphatic heterocycles. The highest BCUT2D eigenvalue weighted by molar-refractivity contribution is 9.09. The normalized spacial score (nSPS) is 12.7. The molecule has 0 unspecified atom stereocenters. The Hall–Kier alpha value is -0.870. The van der Waals surface area contributed by atoms with Crippen molar-refractivity contribution >= 4 is 44.6 Å². The molecule has 0 saturated carbocycles. The molecule has 0 fully saturated rings. The Bertz CT molecular complexity index is 644. The van der Waals surface area contributed by atoms with Crippen LogP contribution in [0.15, 0.2) is 11.6 Å². The minimum absolute atomic E-state index is 0.473. The molecular formula is C14H17BrClN3. The summed E-state index contributed by atoms with van der Waals surface area (Å²) in [7, 11) is 1.88. The first kappa shape index (κ1) is 14.5. The molecule has 2 heterocycles. The van der Waals surface area contributed by atoms with E-state index in [9.17, 15) is 0 Å². The Morgan fingerprint density at radius 2 is 2.21 bits per heavy atom. The number of fused-ring (bicyclic) bond motifs is 1. The summed E-state index contributed by atoms with van der Waals surface area (Å²) in [5, 5.41) is 6.79. The zero-order valence-electron chi connectivity index (χ0n) is 11.5. The van der Waals surface area contributed by atoms with Crippen LogP contribution >= 0.6 is 27.5 Å². The van der Waals surface area contributed by atoms with Gasteiger partial charge in [0.2, 0.25) is 0 Å². The van der Waals surface area contributed by atoms with Gasteiger partial charge in [0, 0.05) is 23.3 Å². The first-order valence-corrected chi connectivity index (χ1v) is 7.70. The maximum absolute atomic E-state index is 6.28. The number of hydrogen-bond acceptors (Lipinski definition) is 2. The van der Waals surface area contributed by atoms with Gasteiger partial charge in [0.15, 0.2) is 5.65 Å². The molecule has 2 aromatic heterocycles. The van der Waals surface area contributed by atoms with Crippen molar-refractivity contribution in [2.45, 2.75) is 20.8 Å². The van der Waals surface area contributed by atoms with Crippen molar-refractivity contribution in [2.24, 2.45) is 13.0 Å². The first-order chi connectivity index (χ1) is 8.93. The largest absolute Gasteiger partial charge is 0.250 e. The lowest BCUT2D eigenvalue weighted by Crippen LogP contribution is -1.96. The summed E-state index contributed by atoms with van der Waals surface area (Å²) < 4.78 is 1.76. The van der Waals surface area contributed by atoms with E-state index in [0.717, 1.165) is 27.6 Å². The van der Waals surface area contributed by atoms with E-state index >= 15 is 0 Å². The third-order valence-corrected chi connectivity index (χ3v) is 4.17. The number of aryl methyl sites for hydroxylation is 2. The number of allylic oxidation sites excluding steroid dienone is 1. The predicted octanol–water partition coefficient (Wildman–Crippen LogP) is 4.36. The van der Waals surface area contributed by atoms with E-state index in [1.807, 2.05) is 14.0 Å². The van der Waals surface area contributed by atoms with Crippen molar-refractivity contribution < 1.29 is 0 Å². The van der Waals surface area contributed by atoms with Gasteiger partial charge in [0.05, 0.1) is 5.69 Å². The van der Waals surface area contributed by atoms with E-state index in [1.54, 1.807) is 4.68 Å². The molecule has 3 nitrogen and oxygen atoms in total. The molecule has 0 aromatic carbocycles. The second-order valence-corrected chi connectivity index (χ2v) is 5.87. The minimum atomic E-state index is 0.473. The molecule has 2 rings (SSSR count). The van der Waals surface area contributed by atoms with Crippen LogP contribution in [-0.4, -0.2) is 20.1 Å². The van der Waals surface area contributed by atoms with Crippen molar-refractivity contribution in [3.8, 4) is 0 Å². The third kappa shape index (κ3) is 2.84. The molecule has 0 radical (unpaired) electrons. The number of pyridine rings is 1. The van der Waals surface area contributed by atoms with Crippen LogP contribution in [0.3, 0.4) is 0 Å².